The molecule has 7 nitrogen and oxygen atoms in total. The van der Waals surface area contributed by atoms with Crippen LogP contribution in [-0.2, 0) is 0 Å². The summed E-state index contributed by atoms with van der Waals surface area (Å²) < 4.78 is 1.85. The van der Waals surface area contributed by atoms with Crippen molar-refractivity contribution in [2.45, 2.75) is 32.1 Å². The van der Waals surface area contributed by atoms with Gasteiger partial charge in [0.2, 0.25) is 0 Å². The minimum atomic E-state index is -0.0491. The Balaban J connectivity index is 1.13. The van der Waals surface area contributed by atoms with Crippen molar-refractivity contribution in [1.82, 2.24) is 24.6 Å². The number of nitrogens with zero attached hydrogens (tertiary/aromatic N) is 4. The summed E-state index contributed by atoms with van der Waals surface area (Å²) in [7, 11) is 0. The first-order valence-electron chi connectivity index (χ1n) is 10.6. The molecule has 1 N–H and O–H groups in total. The maximum absolute atomic E-state index is 12.5. The minimum Gasteiger partial charge on any atom is -0.352 e. The highest BCUT2D eigenvalue weighted by atomic mass is 16.2. The Hall–Kier alpha value is -3.22. The highest BCUT2D eigenvalue weighted by Gasteiger charge is 2.23. The SMILES string of the molecule is O=C(NCCCCC1CCN(C(=O)c2ccccn2)CC1)c1ccc2nccn2c1. The van der Waals surface area contributed by atoms with Crippen LogP contribution in [-0.4, -0.2) is 50.7 Å². The van der Waals surface area contributed by atoms with Crippen LogP contribution in [0.3, 0.4) is 0 Å². The summed E-state index contributed by atoms with van der Waals surface area (Å²) in [5, 5.41) is 3.00. The molecular formula is C23H27N5O2. The Labute approximate surface area is 176 Å². The summed E-state index contributed by atoms with van der Waals surface area (Å²) >= 11 is 0. The Kier molecular flexibility index (Phi) is 6.37. The summed E-state index contributed by atoms with van der Waals surface area (Å²) in [6.07, 6.45) is 12.3. The fraction of sp³-hybridized carbons (Fsp3) is 0.391. The second-order valence-corrected chi connectivity index (χ2v) is 7.81. The van der Waals surface area contributed by atoms with Crippen molar-refractivity contribution in [2.75, 3.05) is 19.6 Å². The molecule has 1 aliphatic rings. The van der Waals surface area contributed by atoms with Crippen LogP contribution < -0.4 is 5.32 Å². The molecule has 0 radical (unpaired) electrons. The van der Waals surface area contributed by atoms with E-state index in [1.165, 1.54) is 0 Å². The lowest BCUT2D eigenvalue weighted by Gasteiger charge is -2.31. The number of aromatic nitrogens is 3. The number of fused-ring (bicyclic) bond motifs is 1. The normalized spacial score (nSPS) is 14.7. The van der Waals surface area contributed by atoms with E-state index >= 15 is 0 Å². The average molecular weight is 406 g/mol. The first kappa shape index (κ1) is 20.1. The van der Waals surface area contributed by atoms with E-state index in [0.717, 1.165) is 50.8 Å². The van der Waals surface area contributed by atoms with Crippen LogP contribution in [0.5, 0.6) is 0 Å². The lowest BCUT2D eigenvalue weighted by molar-refractivity contribution is 0.0680. The molecule has 7 heteroatoms. The molecule has 0 aromatic carbocycles. The predicted octanol–water partition coefficient (Wildman–Crippen LogP) is 3.18. The van der Waals surface area contributed by atoms with Gasteiger partial charge >= 0.3 is 0 Å². The standard InChI is InChI=1S/C23H27N5O2/c29-22(19-7-8-21-25-13-16-28(21)17-19)26-12-3-1-5-18-9-14-27(15-10-18)23(30)20-6-2-4-11-24-20/h2,4,6-8,11,13,16-18H,1,3,5,9-10,12,14-15H2,(H,26,29). The Morgan fingerprint density at radius 1 is 1.03 bits per heavy atom. The number of rotatable bonds is 7. The summed E-state index contributed by atoms with van der Waals surface area (Å²) in [6.45, 7) is 2.28. The lowest BCUT2D eigenvalue weighted by atomic mass is 9.91. The minimum absolute atomic E-state index is 0.0330. The van der Waals surface area contributed by atoms with E-state index in [9.17, 15) is 9.59 Å². The quantitative estimate of drug-likeness (QED) is 0.612. The molecule has 156 valence electrons. The second kappa shape index (κ2) is 9.52. The van der Waals surface area contributed by atoms with Crippen LogP contribution in [0.25, 0.3) is 5.65 Å². The van der Waals surface area contributed by atoms with Crippen LogP contribution in [0.15, 0.2) is 55.1 Å². The highest BCUT2D eigenvalue weighted by molar-refractivity contribution is 5.94. The molecule has 30 heavy (non-hydrogen) atoms. The molecule has 0 aliphatic carbocycles. The molecule has 3 aromatic rings. The first-order valence-corrected chi connectivity index (χ1v) is 10.6. The van der Waals surface area contributed by atoms with E-state index in [4.69, 9.17) is 0 Å². The van der Waals surface area contributed by atoms with E-state index in [1.807, 2.05) is 33.7 Å². The van der Waals surface area contributed by atoms with Gasteiger partial charge in [-0.3, -0.25) is 14.6 Å². The van der Waals surface area contributed by atoms with Gasteiger partial charge in [-0.2, -0.15) is 0 Å². The fourth-order valence-corrected chi connectivity index (χ4v) is 3.99. The average Bonchev–Trinajstić information content (AvgIpc) is 3.27. The van der Waals surface area contributed by atoms with Crippen molar-refractivity contribution in [3.05, 3.63) is 66.4 Å². The van der Waals surface area contributed by atoms with E-state index in [-0.39, 0.29) is 11.8 Å². The molecule has 2 amide bonds. The number of hydrogen-bond acceptors (Lipinski definition) is 4. The maximum Gasteiger partial charge on any atom is 0.272 e. The number of likely N-dealkylation sites (tertiary alicyclic amines) is 1. The van der Waals surface area contributed by atoms with Gasteiger partial charge in [0, 0.05) is 44.4 Å². The number of hydrogen-bond donors (Lipinski definition) is 1. The predicted molar refractivity (Wildman–Crippen MR) is 114 cm³/mol. The van der Waals surface area contributed by atoms with Gasteiger partial charge in [-0.25, -0.2) is 4.98 Å². The van der Waals surface area contributed by atoms with Gasteiger partial charge < -0.3 is 14.6 Å². The van der Waals surface area contributed by atoms with Crippen molar-refractivity contribution in [3.63, 3.8) is 0 Å². The number of carbonyl (C=O) groups excluding carboxylic acids is 2. The van der Waals surface area contributed by atoms with Crippen molar-refractivity contribution in [1.29, 1.82) is 0 Å². The number of unbranched alkanes of at least 4 members (excludes halogenated alkanes) is 1. The van der Waals surface area contributed by atoms with Gasteiger partial charge in [0.05, 0.1) is 5.56 Å². The Bertz CT molecular complexity index is 993. The van der Waals surface area contributed by atoms with Crippen LogP contribution in [0.2, 0.25) is 0 Å². The molecule has 4 rings (SSSR count). The number of nitrogens with one attached hydrogen (secondary N) is 1. The molecule has 0 atom stereocenters. The van der Waals surface area contributed by atoms with Gasteiger partial charge in [-0.15, -0.1) is 0 Å². The van der Waals surface area contributed by atoms with Crippen molar-refractivity contribution in [2.24, 2.45) is 5.92 Å². The molecule has 4 heterocycles. The zero-order valence-corrected chi connectivity index (χ0v) is 17.0. The summed E-state index contributed by atoms with van der Waals surface area (Å²) in [4.78, 5) is 35.0. The number of carbonyl (C=O) groups is 2. The van der Waals surface area contributed by atoms with Gasteiger partial charge in [-0.1, -0.05) is 18.9 Å². The molecule has 0 spiro atoms. The third-order valence-electron chi connectivity index (χ3n) is 5.76. The summed E-state index contributed by atoms with van der Waals surface area (Å²) in [6, 6.07) is 9.10. The number of imidazole rings is 1. The third kappa shape index (κ3) is 4.84. The van der Waals surface area contributed by atoms with E-state index < -0.39 is 0 Å². The smallest absolute Gasteiger partial charge is 0.272 e. The second-order valence-electron chi connectivity index (χ2n) is 7.81. The number of pyridine rings is 2. The fourth-order valence-electron chi connectivity index (χ4n) is 3.99. The van der Waals surface area contributed by atoms with Crippen molar-refractivity contribution in [3.8, 4) is 0 Å². The monoisotopic (exact) mass is 405 g/mol. The highest BCUT2D eigenvalue weighted by Crippen LogP contribution is 2.23. The molecule has 1 saturated heterocycles. The van der Waals surface area contributed by atoms with Crippen molar-refractivity contribution < 1.29 is 9.59 Å². The van der Waals surface area contributed by atoms with E-state index in [2.05, 4.69) is 15.3 Å². The first-order chi connectivity index (χ1) is 14.7. The Morgan fingerprint density at radius 3 is 2.70 bits per heavy atom. The topological polar surface area (TPSA) is 79.6 Å². The van der Waals surface area contributed by atoms with E-state index in [1.54, 1.807) is 30.7 Å². The van der Waals surface area contributed by atoms with Gasteiger partial charge in [0.1, 0.15) is 11.3 Å². The zero-order chi connectivity index (χ0) is 20.8. The van der Waals surface area contributed by atoms with E-state index in [0.29, 0.717) is 23.7 Å². The molecule has 0 unspecified atom stereocenters. The largest absolute Gasteiger partial charge is 0.352 e. The summed E-state index contributed by atoms with van der Waals surface area (Å²) in [5.41, 5.74) is 2.00. The van der Waals surface area contributed by atoms with Crippen LogP contribution in [0, 0.1) is 5.92 Å². The maximum atomic E-state index is 12.5. The van der Waals surface area contributed by atoms with Gasteiger partial charge in [-0.05, 0) is 49.4 Å². The molecule has 0 bridgehead atoms. The summed E-state index contributed by atoms with van der Waals surface area (Å²) in [5.74, 6) is 0.634. The van der Waals surface area contributed by atoms with Gasteiger partial charge in [0.25, 0.3) is 11.8 Å². The zero-order valence-electron chi connectivity index (χ0n) is 17.0. The molecule has 1 fully saturated rings. The number of amides is 2. The lowest BCUT2D eigenvalue weighted by Crippen LogP contribution is -2.38. The van der Waals surface area contributed by atoms with Crippen LogP contribution in [0.4, 0.5) is 0 Å². The number of piperidine rings is 1. The van der Waals surface area contributed by atoms with Gasteiger partial charge in [0.15, 0.2) is 0 Å². The Morgan fingerprint density at radius 2 is 1.90 bits per heavy atom. The van der Waals surface area contributed by atoms with Crippen LogP contribution in [0.1, 0.15) is 53.0 Å². The third-order valence-corrected chi connectivity index (χ3v) is 5.76. The molecule has 3 aromatic heterocycles. The molecule has 1 aliphatic heterocycles. The van der Waals surface area contributed by atoms with Crippen LogP contribution >= 0.6 is 0 Å². The molecule has 0 saturated carbocycles. The van der Waals surface area contributed by atoms with Crippen molar-refractivity contribution >= 4 is 17.5 Å². The molecular weight excluding hydrogens is 378 g/mol.